The summed E-state index contributed by atoms with van der Waals surface area (Å²) in [6, 6.07) is 0.692. The second kappa shape index (κ2) is 4.40. The van der Waals surface area contributed by atoms with Gasteiger partial charge in [0, 0.05) is 25.0 Å². The summed E-state index contributed by atoms with van der Waals surface area (Å²) in [5.41, 5.74) is 5.63. The lowest BCUT2D eigenvalue weighted by Crippen LogP contribution is -2.51. The molecule has 2 saturated heterocycles. The zero-order valence-electron chi connectivity index (χ0n) is 8.24. The lowest BCUT2D eigenvalue weighted by atomic mass is 9.99. The summed E-state index contributed by atoms with van der Waals surface area (Å²) in [4.78, 5) is 2.51. The third kappa shape index (κ3) is 2.22. The lowest BCUT2D eigenvalue weighted by molar-refractivity contribution is -0.0384. The van der Waals surface area contributed by atoms with E-state index in [0.29, 0.717) is 6.04 Å². The zero-order valence-corrected chi connectivity index (χ0v) is 8.24. The molecule has 0 saturated carbocycles. The van der Waals surface area contributed by atoms with Crippen molar-refractivity contribution in [2.45, 2.75) is 25.3 Å². The number of hydrogen-bond donors (Lipinski definition) is 1. The van der Waals surface area contributed by atoms with Gasteiger partial charge in [-0.3, -0.25) is 4.90 Å². The minimum Gasteiger partial charge on any atom is -0.381 e. The van der Waals surface area contributed by atoms with E-state index in [1.165, 1.54) is 32.4 Å². The molecule has 1 atom stereocenters. The molecule has 0 aromatic rings. The van der Waals surface area contributed by atoms with Gasteiger partial charge < -0.3 is 10.5 Å². The van der Waals surface area contributed by atoms with E-state index in [4.69, 9.17) is 10.5 Å². The molecule has 2 rings (SSSR count). The molecule has 0 radical (unpaired) electrons. The third-order valence-corrected chi connectivity index (χ3v) is 3.30. The first-order valence-electron chi connectivity index (χ1n) is 5.42. The zero-order chi connectivity index (χ0) is 9.10. The topological polar surface area (TPSA) is 38.5 Å². The largest absolute Gasteiger partial charge is 0.381 e. The van der Waals surface area contributed by atoms with Crippen LogP contribution in [0, 0.1) is 5.92 Å². The molecule has 2 aliphatic heterocycles. The fourth-order valence-electron chi connectivity index (χ4n) is 2.09. The van der Waals surface area contributed by atoms with Gasteiger partial charge in [-0.1, -0.05) is 0 Å². The van der Waals surface area contributed by atoms with E-state index in [0.717, 1.165) is 25.7 Å². The van der Waals surface area contributed by atoms with Gasteiger partial charge in [-0.05, 0) is 25.8 Å². The SMILES string of the molecule is NCC1CCN1CCCC1COC1. The maximum atomic E-state index is 5.63. The van der Waals surface area contributed by atoms with Crippen LogP contribution in [0.1, 0.15) is 19.3 Å². The Bertz CT molecular complexity index is 157. The van der Waals surface area contributed by atoms with Gasteiger partial charge in [0.05, 0.1) is 13.2 Å². The number of ether oxygens (including phenoxy) is 1. The van der Waals surface area contributed by atoms with Crippen molar-refractivity contribution < 1.29 is 4.74 Å². The van der Waals surface area contributed by atoms with Gasteiger partial charge in [0.15, 0.2) is 0 Å². The van der Waals surface area contributed by atoms with Gasteiger partial charge in [-0.2, -0.15) is 0 Å². The monoisotopic (exact) mass is 184 g/mol. The molecule has 2 heterocycles. The quantitative estimate of drug-likeness (QED) is 0.674. The van der Waals surface area contributed by atoms with Gasteiger partial charge in [-0.25, -0.2) is 0 Å². The molecular formula is C10H20N2O. The highest BCUT2D eigenvalue weighted by Gasteiger charge is 2.26. The Kier molecular flexibility index (Phi) is 3.19. The molecule has 0 aromatic heterocycles. The first kappa shape index (κ1) is 9.44. The average Bonchev–Trinajstić information content (AvgIpc) is 1.99. The summed E-state index contributed by atoms with van der Waals surface area (Å²) >= 11 is 0. The Morgan fingerprint density at radius 2 is 2.23 bits per heavy atom. The highest BCUT2D eigenvalue weighted by molar-refractivity contribution is 4.83. The maximum absolute atomic E-state index is 5.63. The predicted molar refractivity (Wildman–Crippen MR) is 52.6 cm³/mol. The first-order valence-corrected chi connectivity index (χ1v) is 5.42. The highest BCUT2D eigenvalue weighted by atomic mass is 16.5. The third-order valence-electron chi connectivity index (χ3n) is 3.30. The van der Waals surface area contributed by atoms with Crippen molar-refractivity contribution in [2.75, 3.05) is 32.8 Å². The fraction of sp³-hybridized carbons (Fsp3) is 1.00. The molecule has 0 spiro atoms. The lowest BCUT2D eigenvalue weighted by Gasteiger charge is -2.40. The van der Waals surface area contributed by atoms with E-state index in [1.54, 1.807) is 0 Å². The van der Waals surface area contributed by atoms with Gasteiger partial charge in [0.25, 0.3) is 0 Å². The number of hydrogen-bond acceptors (Lipinski definition) is 3. The predicted octanol–water partition coefficient (Wildman–Crippen LogP) is 0.446. The Balaban J connectivity index is 1.52. The number of rotatable bonds is 5. The maximum Gasteiger partial charge on any atom is 0.0516 e. The average molecular weight is 184 g/mol. The summed E-state index contributed by atoms with van der Waals surface area (Å²) < 4.78 is 5.14. The summed E-state index contributed by atoms with van der Waals surface area (Å²) in [7, 11) is 0. The van der Waals surface area contributed by atoms with Gasteiger partial charge in [-0.15, -0.1) is 0 Å². The molecule has 13 heavy (non-hydrogen) atoms. The molecular weight excluding hydrogens is 164 g/mol. The molecule has 0 aromatic carbocycles. The van der Waals surface area contributed by atoms with Crippen LogP contribution < -0.4 is 5.73 Å². The van der Waals surface area contributed by atoms with Crippen molar-refractivity contribution in [1.82, 2.24) is 4.90 Å². The number of nitrogens with zero attached hydrogens (tertiary/aromatic N) is 1. The molecule has 2 fully saturated rings. The molecule has 0 amide bonds. The van der Waals surface area contributed by atoms with Crippen LogP contribution in [0.25, 0.3) is 0 Å². The van der Waals surface area contributed by atoms with Crippen molar-refractivity contribution in [3.63, 3.8) is 0 Å². The minimum atomic E-state index is 0.692. The minimum absolute atomic E-state index is 0.692. The second-order valence-electron chi connectivity index (χ2n) is 4.26. The van der Waals surface area contributed by atoms with Crippen LogP contribution in [0.2, 0.25) is 0 Å². The first-order chi connectivity index (χ1) is 6.40. The van der Waals surface area contributed by atoms with Crippen molar-refractivity contribution in [3.8, 4) is 0 Å². The molecule has 76 valence electrons. The van der Waals surface area contributed by atoms with E-state index in [9.17, 15) is 0 Å². The van der Waals surface area contributed by atoms with Crippen LogP contribution in [-0.2, 0) is 4.74 Å². The summed E-state index contributed by atoms with van der Waals surface area (Å²) in [5, 5.41) is 0. The van der Waals surface area contributed by atoms with Crippen LogP contribution in [0.15, 0.2) is 0 Å². The van der Waals surface area contributed by atoms with E-state index in [-0.39, 0.29) is 0 Å². The van der Waals surface area contributed by atoms with Crippen molar-refractivity contribution >= 4 is 0 Å². The summed E-state index contributed by atoms with van der Waals surface area (Å²) in [5.74, 6) is 0.859. The summed E-state index contributed by atoms with van der Waals surface area (Å²) in [6.07, 6.45) is 3.97. The second-order valence-corrected chi connectivity index (χ2v) is 4.26. The van der Waals surface area contributed by atoms with Gasteiger partial charge in [0.2, 0.25) is 0 Å². The van der Waals surface area contributed by atoms with E-state index in [1.807, 2.05) is 0 Å². The fourth-order valence-corrected chi connectivity index (χ4v) is 2.09. The van der Waals surface area contributed by atoms with Crippen LogP contribution in [0.5, 0.6) is 0 Å². The van der Waals surface area contributed by atoms with Crippen LogP contribution in [0.4, 0.5) is 0 Å². The Labute approximate surface area is 80.2 Å². The smallest absolute Gasteiger partial charge is 0.0516 e. The highest BCUT2D eigenvalue weighted by Crippen LogP contribution is 2.20. The van der Waals surface area contributed by atoms with Crippen molar-refractivity contribution in [2.24, 2.45) is 11.7 Å². The summed E-state index contributed by atoms with van der Waals surface area (Å²) in [6.45, 7) is 5.36. The Morgan fingerprint density at radius 1 is 1.38 bits per heavy atom. The molecule has 0 aliphatic carbocycles. The number of likely N-dealkylation sites (tertiary alicyclic amines) is 1. The van der Waals surface area contributed by atoms with E-state index in [2.05, 4.69) is 4.90 Å². The Hall–Kier alpha value is -0.120. The standard InChI is InChI=1S/C10H20N2O/c11-6-10-3-5-12(10)4-1-2-9-7-13-8-9/h9-10H,1-8,11H2. The van der Waals surface area contributed by atoms with E-state index < -0.39 is 0 Å². The molecule has 0 bridgehead atoms. The van der Waals surface area contributed by atoms with Crippen molar-refractivity contribution in [3.05, 3.63) is 0 Å². The normalized spacial score (nSPS) is 29.8. The van der Waals surface area contributed by atoms with Crippen molar-refractivity contribution in [1.29, 1.82) is 0 Å². The van der Waals surface area contributed by atoms with Crippen LogP contribution >= 0.6 is 0 Å². The number of nitrogens with two attached hydrogens (primary N) is 1. The molecule has 3 nitrogen and oxygen atoms in total. The van der Waals surface area contributed by atoms with E-state index >= 15 is 0 Å². The van der Waals surface area contributed by atoms with Crippen LogP contribution in [0.3, 0.4) is 0 Å². The molecule has 2 N–H and O–H groups in total. The van der Waals surface area contributed by atoms with Crippen LogP contribution in [-0.4, -0.2) is 43.8 Å². The molecule has 3 heteroatoms. The van der Waals surface area contributed by atoms with Gasteiger partial charge in [0.1, 0.15) is 0 Å². The Morgan fingerprint density at radius 3 is 2.69 bits per heavy atom. The van der Waals surface area contributed by atoms with Gasteiger partial charge >= 0.3 is 0 Å². The molecule has 1 unspecified atom stereocenters. The molecule has 2 aliphatic rings.